The number of nitrogens with two attached hydrogens (primary N) is 2. The van der Waals surface area contributed by atoms with Crippen LogP contribution in [0.1, 0.15) is 40.4 Å². The first-order valence-electron chi connectivity index (χ1n) is 10.6. The number of halogens is 7. The van der Waals surface area contributed by atoms with Gasteiger partial charge in [-0.15, -0.1) is 0 Å². The maximum absolute atomic E-state index is 13.2. The van der Waals surface area contributed by atoms with Crippen LogP contribution in [0, 0.1) is 5.82 Å². The average Bonchev–Trinajstić information content (AvgIpc) is 3.25. The number of anilines is 2. The van der Waals surface area contributed by atoms with Crippen LogP contribution in [0.3, 0.4) is 0 Å². The molecular weight excluding hydrogens is 583 g/mol. The normalized spacial score (nSPS) is 11.5. The molecule has 0 spiro atoms. The fourth-order valence-corrected chi connectivity index (χ4v) is 3.16. The van der Waals surface area contributed by atoms with E-state index in [9.17, 15) is 27.2 Å². The van der Waals surface area contributed by atoms with Gasteiger partial charge in [0, 0.05) is 0 Å². The van der Waals surface area contributed by atoms with Gasteiger partial charge in [-0.25, -0.2) is 19.0 Å². The SMILES string of the molecule is CCOC(=O)c1c(F)ccc(N)c1N.CCOC(=O)c1c(OCC(F)(F)F)ccc2[nH]c(C(Cl)(Cl)Cl)nc12. The Hall–Kier alpha value is -3.16. The summed E-state index contributed by atoms with van der Waals surface area (Å²) in [6.45, 7) is 1.76. The number of nitrogens with zero attached hydrogens (tertiary/aromatic N) is 1. The van der Waals surface area contributed by atoms with Crippen LogP contribution in [0.15, 0.2) is 24.3 Å². The van der Waals surface area contributed by atoms with Crippen LogP contribution >= 0.6 is 34.8 Å². The molecule has 1 aromatic heterocycles. The molecule has 0 amide bonds. The zero-order chi connectivity index (χ0) is 28.8. The van der Waals surface area contributed by atoms with Crippen molar-refractivity contribution in [1.29, 1.82) is 0 Å². The fraction of sp³-hybridized carbons (Fsp3) is 0.318. The highest BCUT2D eigenvalue weighted by atomic mass is 35.6. The number of imidazole rings is 1. The van der Waals surface area contributed by atoms with Gasteiger partial charge in [0.2, 0.25) is 3.79 Å². The van der Waals surface area contributed by atoms with Crippen LogP contribution in [0.25, 0.3) is 11.0 Å². The van der Waals surface area contributed by atoms with Crippen LogP contribution in [0.2, 0.25) is 0 Å². The van der Waals surface area contributed by atoms with E-state index in [0.29, 0.717) is 0 Å². The minimum atomic E-state index is -4.57. The van der Waals surface area contributed by atoms with Gasteiger partial charge >= 0.3 is 18.1 Å². The van der Waals surface area contributed by atoms with Crippen LogP contribution < -0.4 is 16.2 Å². The maximum Gasteiger partial charge on any atom is 0.422 e. The topological polar surface area (TPSA) is 143 Å². The number of hydrogen-bond donors (Lipinski definition) is 3. The minimum Gasteiger partial charge on any atom is -0.483 e. The van der Waals surface area contributed by atoms with E-state index in [1.165, 1.54) is 18.2 Å². The lowest BCUT2D eigenvalue weighted by Gasteiger charge is -2.12. The van der Waals surface area contributed by atoms with E-state index >= 15 is 0 Å². The number of carbonyl (C=O) groups is 2. The lowest BCUT2D eigenvalue weighted by Crippen LogP contribution is -2.20. The van der Waals surface area contributed by atoms with Gasteiger partial charge in [-0.2, -0.15) is 13.2 Å². The van der Waals surface area contributed by atoms with Crippen molar-refractivity contribution in [3.63, 3.8) is 0 Å². The van der Waals surface area contributed by atoms with E-state index < -0.39 is 34.3 Å². The maximum atomic E-state index is 13.2. The molecule has 0 saturated carbocycles. The summed E-state index contributed by atoms with van der Waals surface area (Å²) in [6, 6.07) is 4.92. The largest absolute Gasteiger partial charge is 0.483 e. The predicted molar refractivity (Wildman–Crippen MR) is 134 cm³/mol. The summed E-state index contributed by atoms with van der Waals surface area (Å²) in [7, 11) is 0. The van der Waals surface area contributed by atoms with Gasteiger partial charge in [-0.3, -0.25) is 0 Å². The number of ether oxygens (including phenoxy) is 3. The number of alkyl halides is 6. The van der Waals surface area contributed by atoms with Gasteiger partial charge in [-0.05, 0) is 38.1 Å². The summed E-state index contributed by atoms with van der Waals surface area (Å²) in [5, 5.41) is 0. The van der Waals surface area contributed by atoms with Crippen molar-refractivity contribution in [2.45, 2.75) is 23.8 Å². The number of benzene rings is 2. The van der Waals surface area contributed by atoms with Crippen molar-refractivity contribution in [1.82, 2.24) is 9.97 Å². The molecule has 1 heterocycles. The molecule has 3 rings (SSSR count). The number of nitrogens with one attached hydrogen (secondary N) is 1. The number of H-pyrrole nitrogens is 1. The molecule has 0 unspecified atom stereocenters. The zero-order valence-corrected chi connectivity index (χ0v) is 22.0. The number of carbonyl (C=O) groups excluding carboxylic acids is 2. The van der Waals surface area contributed by atoms with Gasteiger partial charge in [0.05, 0.1) is 30.1 Å². The molecule has 9 nitrogen and oxygen atoms in total. The summed E-state index contributed by atoms with van der Waals surface area (Å²) in [5.41, 5.74) is 10.6. The molecule has 3 aromatic rings. The number of nitrogen functional groups attached to an aromatic ring is 2. The number of fused-ring (bicyclic) bond motifs is 1. The van der Waals surface area contributed by atoms with E-state index in [1.807, 2.05) is 0 Å². The Balaban J connectivity index is 0.000000308. The predicted octanol–water partition coefficient (Wildman–Crippen LogP) is 5.67. The molecule has 5 N–H and O–H groups in total. The number of rotatable bonds is 6. The van der Waals surface area contributed by atoms with Crippen molar-refractivity contribution < 1.29 is 41.4 Å². The summed E-state index contributed by atoms with van der Waals surface area (Å²) in [4.78, 5) is 30.0. The van der Waals surface area contributed by atoms with E-state index in [1.54, 1.807) is 13.8 Å². The Morgan fingerprint density at radius 1 is 0.974 bits per heavy atom. The lowest BCUT2D eigenvalue weighted by molar-refractivity contribution is -0.153. The second kappa shape index (κ2) is 12.6. The number of esters is 2. The second-order valence-corrected chi connectivity index (χ2v) is 9.47. The Kier molecular flexibility index (Phi) is 10.3. The monoisotopic (exact) mass is 602 g/mol. The van der Waals surface area contributed by atoms with Crippen molar-refractivity contribution in [2.75, 3.05) is 31.3 Å². The second-order valence-electron chi connectivity index (χ2n) is 7.19. The van der Waals surface area contributed by atoms with Gasteiger partial charge in [-0.1, -0.05) is 34.8 Å². The summed E-state index contributed by atoms with van der Waals surface area (Å²) < 4.78 is 62.6. The molecule has 0 radical (unpaired) electrons. The van der Waals surface area contributed by atoms with Crippen molar-refractivity contribution in [3.8, 4) is 5.75 Å². The molecule has 0 atom stereocenters. The van der Waals surface area contributed by atoms with E-state index in [0.717, 1.165) is 6.07 Å². The summed E-state index contributed by atoms with van der Waals surface area (Å²) in [6.07, 6.45) is -4.57. The van der Waals surface area contributed by atoms with Crippen LogP contribution in [0.5, 0.6) is 5.75 Å². The smallest absolute Gasteiger partial charge is 0.422 e. The quantitative estimate of drug-likeness (QED) is 0.142. The van der Waals surface area contributed by atoms with Crippen molar-refractivity contribution >= 4 is 69.1 Å². The molecule has 0 fully saturated rings. The summed E-state index contributed by atoms with van der Waals surface area (Å²) >= 11 is 17.2. The van der Waals surface area contributed by atoms with E-state index in [-0.39, 0.29) is 58.3 Å². The molecule has 0 aliphatic carbocycles. The van der Waals surface area contributed by atoms with Crippen LogP contribution in [-0.4, -0.2) is 47.9 Å². The molecule has 38 heavy (non-hydrogen) atoms. The number of aromatic amines is 1. The standard InChI is InChI=1S/C13H10Cl3F3N2O3.C9H11FN2O2/c1-2-23-10(22)8-7(24-5-12(17,18)19)4-3-6-9(8)21-11(20-6)13(14,15)16;1-2-14-9(13)7-5(10)3-4-6(11)8(7)12/h3-4H,2,5H2,1H3,(H,20,21);3-4H,2,11-12H2,1H3. The average molecular weight is 604 g/mol. The van der Waals surface area contributed by atoms with Crippen LogP contribution in [-0.2, 0) is 13.3 Å². The molecule has 2 aromatic carbocycles. The van der Waals surface area contributed by atoms with Gasteiger partial charge in [0.25, 0.3) is 0 Å². The molecule has 16 heteroatoms. The van der Waals surface area contributed by atoms with E-state index in [2.05, 4.69) is 14.7 Å². The number of hydrogen-bond acceptors (Lipinski definition) is 8. The Morgan fingerprint density at radius 3 is 2.08 bits per heavy atom. The molecule has 208 valence electrons. The Bertz CT molecular complexity index is 1310. The highest BCUT2D eigenvalue weighted by Gasteiger charge is 2.32. The van der Waals surface area contributed by atoms with Gasteiger partial charge < -0.3 is 30.7 Å². The fourth-order valence-electron chi connectivity index (χ4n) is 2.89. The molecule has 0 aliphatic heterocycles. The first-order chi connectivity index (χ1) is 17.6. The zero-order valence-electron chi connectivity index (χ0n) is 19.7. The van der Waals surface area contributed by atoms with Gasteiger partial charge in [0.1, 0.15) is 28.2 Å². The minimum absolute atomic E-state index is 0.00959. The molecular formula is C22H21Cl3F4N4O5. The van der Waals surface area contributed by atoms with Crippen molar-refractivity contribution in [2.24, 2.45) is 0 Å². The molecule has 0 saturated heterocycles. The third kappa shape index (κ3) is 7.92. The third-order valence-corrected chi connectivity index (χ3v) is 5.00. The molecule has 0 aliphatic rings. The highest BCUT2D eigenvalue weighted by molar-refractivity contribution is 6.66. The first kappa shape index (κ1) is 31.1. The Labute approximate surface area is 228 Å². The van der Waals surface area contributed by atoms with E-state index in [4.69, 9.17) is 55.7 Å². The lowest BCUT2D eigenvalue weighted by atomic mass is 10.1. The summed E-state index contributed by atoms with van der Waals surface area (Å²) in [5.74, 6) is -2.85. The van der Waals surface area contributed by atoms with Crippen molar-refractivity contribution in [3.05, 3.63) is 47.0 Å². The first-order valence-corrected chi connectivity index (χ1v) is 11.7. The van der Waals surface area contributed by atoms with Crippen LogP contribution in [0.4, 0.5) is 28.9 Å². The highest BCUT2D eigenvalue weighted by Crippen LogP contribution is 2.38. The van der Waals surface area contributed by atoms with Gasteiger partial charge in [0.15, 0.2) is 12.4 Å². The number of aromatic nitrogens is 2. The molecule has 0 bridgehead atoms. The Morgan fingerprint density at radius 2 is 1.55 bits per heavy atom. The third-order valence-electron chi connectivity index (χ3n) is 4.46.